The van der Waals surface area contributed by atoms with Crippen LogP contribution in [0.5, 0.6) is 0 Å². The second-order valence-corrected chi connectivity index (χ2v) is 8.69. The molecule has 0 spiro atoms. The lowest BCUT2D eigenvalue weighted by Gasteiger charge is -2.15. The van der Waals surface area contributed by atoms with Crippen LogP contribution in [0.3, 0.4) is 0 Å². The van der Waals surface area contributed by atoms with Crippen molar-refractivity contribution in [3.05, 3.63) is 54.1 Å². The number of nitrogens with one attached hydrogen (secondary N) is 4. The van der Waals surface area contributed by atoms with Gasteiger partial charge in [-0.1, -0.05) is 24.3 Å². The molecule has 0 aromatic heterocycles. The van der Waals surface area contributed by atoms with E-state index < -0.39 is 28.0 Å². The number of hydrogen-bond acceptors (Lipinski definition) is 5. The molecule has 4 N–H and O–H groups in total. The molecule has 0 radical (unpaired) electrons. The number of rotatable bonds is 5. The molecule has 3 amide bonds. The van der Waals surface area contributed by atoms with Crippen LogP contribution in [0.2, 0.25) is 0 Å². The van der Waals surface area contributed by atoms with Gasteiger partial charge in [0.05, 0.1) is 16.3 Å². The maximum atomic E-state index is 12.7. The first-order valence-corrected chi connectivity index (χ1v) is 10.8. The number of anilines is 2. The van der Waals surface area contributed by atoms with Crippen LogP contribution in [0, 0.1) is 0 Å². The number of aliphatic imine (C=N–C) groups is 1. The lowest BCUT2D eigenvalue weighted by Crippen LogP contribution is -2.34. The molecule has 9 nitrogen and oxygen atoms in total. The van der Waals surface area contributed by atoms with Crippen molar-refractivity contribution in [1.82, 2.24) is 10.0 Å². The van der Waals surface area contributed by atoms with E-state index in [1.807, 2.05) is 13.8 Å². The summed E-state index contributed by atoms with van der Waals surface area (Å²) >= 11 is 0. The van der Waals surface area contributed by atoms with Crippen LogP contribution in [0.25, 0.3) is 0 Å². The SMILES string of the molecule is CC(C)NC(=O)Nc1ccccc1NC(=O)[C@H](C)N=C1NS(=O)(=O)c2ccccc21. The Balaban J connectivity index is 1.76. The van der Waals surface area contributed by atoms with Gasteiger partial charge in [0.2, 0.25) is 5.91 Å². The van der Waals surface area contributed by atoms with Crippen molar-refractivity contribution in [1.29, 1.82) is 0 Å². The van der Waals surface area contributed by atoms with E-state index in [0.717, 1.165) is 0 Å². The van der Waals surface area contributed by atoms with Gasteiger partial charge in [-0.3, -0.25) is 14.5 Å². The van der Waals surface area contributed by atoms with Gasteiger partial charge in [0, 0.05) is 11.6 Å². The summed E-state index contributed by atoms with van der Waals surface area (Å²) < 4.78 is 26.8. The van der Waals surface area contributed by atoms with Crippen LogP contribution in [0.4, 0.5) is 16.2 Å². The van der Waals surface area contributed by atoms with E-state index in [0.29, 0.717) is 16.9 Å². The zero-order valence-corrected chi connectivity index (χ0v) is 17.6. The van der Waals surface area contributed by atoms with Crippen LogP contribution in [-0.2, 0) is 14.8 Å². The summed E-state index contributed by atoms with van der Waals surface area (Å²) in [5.41, 5.74) is 1.25. The number of amides is 3. The molecule has 2 aromatic carbocycles. The molecule has 0 saturated heterocycles. The Kier molecular flexibility index (Phi) is 6.06. The minimum Gasteiger partial charge on any atom is -0.336 e. The van der Waals surface area contributed by atoms with Gasteiger partial charge in [-0.15, -0.1) is 0 Å². The van der Waals surface area contributed by atoms with Crippen LogP contribution >= 0.6 is 0 Å². The second kappa shape index (κ2) is 8.54. The molecule has 0 unspecified atom stereocenters. The Labute approximate surface area is 175 Å². The summed E-state index contributed by atoms with van der Waals surface area (Å²) in [6.07, 6.45) is 0. The van der Waals surface area contributed by atoms with Crippen LogP contribution in [-0.4, -0.2) is 38.3 Å². The molecule has 0 fully saturated rings. The molecular formula is C20H23N5O4S. The summed E-state index contributed by atoms with van der Waals surface area (Å²) in [5.74, 6) is -0.333. The fourth-order valence-electron chi connectivity index (χ4n) is 2.84. The van der Waals surface area contributed by atoms with Crippen LogP contribution in [0.15, 0.2) is 58.4 Å². The Morgan fingerprint density at radius 1 is 0.933 bits per heavy atom. The van der Waals surface area contributed by atoms with Gasteiger partial charge in [-0.05, 0) is 45.0 Å². The maximum absolute atomic E-state index is 12.7. The predicted molar refractivity (Wildman–Crippen MR) is 115 cm³/mol. The third-order valence-electron chi connectivity index (χ3n) is 4.22. The molecule has 0 saturated carbocycles. The van der Waals surface area contributed by atoms with Gasteiger partial charge in [0.1, 0.15) is 11.9 Å². The highest BCUT2D eigenvalue weighted by molar-refractivity contribution is 7.90. The van der Waals surface area contributed by atoms with E-state index in [1.165, 1.54) is 6.07 Å². The average molecular weight is 430 g/mol. The van der Waals surface area contributed by atoms with Gasteiger partial charge in [-0.25, -0.2) is 13.2 Å². The van der Waals surface area contributed by atoms with Crippen molar-refractivity contribution in [2.24, 2.45) is 4.99 Å². The van der Waals surface area contributed by atoms with E-state index in [-0.39, 0.29) is 16.8 Å². The van der Waals surface area contributed by atoms with Crippen molar-refractivity contribution in [3.63, 3.8) is 0 Å². The molecule has 1 aliphatic heterocycles. The first-order valence-electron chi connectivity index (χ1n) is 9.35. The third-order valence-corrected chi connectivity index (χ3v) is 5.61. The molecule has 3 rings (SSSR count). The zero-order valence-electron chi connectivity index (χ0n) is 16.8. The molecule has 30 heavy (non-hydrogen) atoms. The Hall–Kier alpha value is -3.40. The van der Waals surface area contributed by atoms with Gasteiger partial charge < -0.3 is 16.0 Å². The van der Waals surface area contributed by atoms with E-state index in [9.17, 15) is 18.0 Å². The molecule has 10 heteroatoms. The molecule has 158 valence electrons. The third kappa shape index (κ3) is 4.77. The standard InChI is InChI=1S/C20H23N5O4S/c1-12(2)21-20(27)24-16-10-6-5-9-15(16)23-19(26)13(3)22-18-14-8-4-7-11-17(14)30(28,29)25-18/h4-13H,1-3H3,(H,22,25)(H,23,26)(H2,21,24,27)/t13-/m0/s1. The minimum atomic E-state index is -3.68. The lowest BCUT2D eigenvalue weighted by molar-refractivity contribution is -0.117. The summed E-state index contributed by atoms with van der Waals surface area (Å²) in [5, 5.41) is 8.12. The lowest BCUT2D eigenvalue weighted by atomic mass is 10.2. The smallest absolute Gasteiger partial charge is 0.319 e. The zero-order chi connectivity index (χ0) is 21.9. The van der Waals surface area contributed by atoms with E-state index >= 15 is 0 Å². The van der Waals surface area contributed by atoms with Crippen molar-refractivity contribution in [2.45, 2.75) is 37.8 Å². The predicted octanol–water partition coefficient (Wildman–Crippen LogP) is 2.28. The van der Waals surface area contributed by atoms with Gasteiger partial charge in [-0.2, -0.15) is 0 Å². The number of para-hydroxylation sites is 2. The fraction of sp³-hybridized carbons (Fsp3) is 0.250. The highest BCUT2D eigenvalue weighted by Gasteiger charge is 2.31. The topological polar surface area (TPSA) is 129 Å². The fourth-order valence-corrected chi connectivity index (χ4v) is 4.08. The molecular weight excluding hydrogens is 406 g/mol. The first kappa shape index (κ1) is 21.3. The van der Waals surface area contributed by atoms with E-state index in [2.05, 4.69) is 25.7 Å². The van der Waals surface area contributed by atoms with Crippen molar-refractivity contribution < 1.29 is 18.0 Å². The molecule has 1 atom stereocenters. The maximum Gasteiger partial charge on any atom is 0.319 e. The summed E-state index contributed by atoms with van der Waals surface area (Å²) in [7, 11) is -3.68. The molecule has 0 bridgehead atoms. The van der Waals surface area contributed by atoms with E-state index in [1.54, 1.807) is 49.4 Å². The van der Waals surface area contributed by atoms with Crippen LogP contribution < -0.4 is 20.7 Å². The quantitative estimate of drug-likeness (QED) is 0.581. The summed E-state index contributed by atoms with van der Waals surface area (Å²) in [4.78, 5) is 29.0. The van der Waals surface area contributed by atoms with Crippen molar-refractivity contribution in [3.8, 4) is 0 Å². The molecule has 2 aromatic rings. The van der Waals surface area contributed by atoms with Gasteiger partial charge >= 0.3 is 6.03 Å². The minimum absolute atomic E-state index is 0.0410. The highest BCUT2D eigenvalue weighted by atomic mass is 32.2. The van der Waals surface area contributed by atoms with Gasteiger partial charge in [0.15, 0.2) is 0 Å². The molecule has 0 aliphatic carbocycles. The number of nitrogens with zero attached hydrogens (tertiary/aromatic N) is 1. The number of carbonyl (C=O) groups is 2. The summed E-state index contributed by atoms with van der Waals surface area (Å²) in [6.45, 7) is 5.23. The normalized spacial score (nSPS) is 16.5. The van der Waals surface area contributed by atoms with Crippen molar-refractivity contribution >= 4 is 39.2 Å². The Morgan fingerprint density at radius 2 is 1.53 bits per heavy atom. The number of hydrogen-bond donors (Lipinski definition) is 4. The monoisotopic (exact) mass is 429 g/mol. The number of sulfonamides is 1. The molecule has 1 heterocycles. The Bertz CT molecular complexity index is 1110. The Morgan fingerprint density at radius 3 is 2.20 bits per heavy atom. The number of benzene rings is 2. The van der Waals surface area contributed by atoms with E-state index in [4.69, 9.17) is 0 Å². The number of carbonyl (C=O) groups excluding carboxylic acids is 2. The summed E-state index contributed by atoms with van der Waals surface area (Å²) in [6, 6.07) is 11.9. The number of urea groups is 1. The van der Waals surface area contributed by atoms with Crippen molar-refractivity contribution in [2.75, 3.05) is 10.6 Å². The largest absolute Gasteiger partial charge is 0.336 e. The number of fused-ring (bicyclic) bond motifs is 1. The highest BCUT2D eigenvalue weighted by Crippen LogP contribution is 2.24. The number of amidine groups is 1. The average Bonchev–Trinajstić information content (AvgIpc) is 2.93. The molecule has 1 aliphatic rings. The first-order chi connectivity index (χ1) is 14.2. The second-order valence-electron chi connectivity index (χ2n) is 7.04. The van der Waals surface area contributed by atoms with Gasteiger partial charge in [0.25, 0.3) is 10.0 Å². The van der Waals surface area contributed by atoms with Crippen LogP contribution in [0.1, 0.15) is 26.3 Å².